The first-order valence-electron chi connectivity index (χ1n) is 8.03. The van der Waals surface area contributed by atoms with Gasteiger partial charge >= 0.3 is 0 Å². The second kappa shape index (κ2) is 7.12. The zero-order valence-corrected chi connectivity index (χ0v) is 13.9. The molecule has 0 aliphatic carbocycles. The highest BCUT2D eigenvalue weighted by Gasteiger charge is 2.32. The molecule has 2 atom stereocenters. The van der Waals surface area contributed by atoms with E-state index in [9.17, 15) is 9.18 Å². The predicted octanol–water partition coefficient (Wildman–Crippen LogP) is 0.988. The summed E-state index contributed by atoms with van der Waals surface area (Å²) in [5, 5.41) is 10.7. The number of amides is 1. The van der Waals surface area contributed by atoms with Crippen LogP contribution in [0.2, 0.25) is 0 Å². The van der Waals surface area contributed by atoms with Crippen LogP contribution in [0, 0.1) is 6.92 Å². The lowest BCUT2D eigenvalue weighted by Crippen LogP contribution is -2.40. The topological polar surface area (TPSA) is 76.2 Å². The third kappa shape index (κ3) is 4.00. The van der Waals surface area contributed by atoms with Crippen molar-refractivity contribution in [3.63, 3.8) is 0 Å². The van der Waals surface area contributed by atoms with Gasteiger partial charge in [0, 0.05) is 44.5 Å². The van der Waals surface area contributed by atoms with Gasteiger partial charge in [0.25, 0.3) is 0 Å². The Balaban J connectivity index is 1.52. The third-order valence-corrected chi connectivity index (χ3v) is 4.36. The molecule has 7 nitrogen and oxygen atoms in total. The largest absolute Gasteiger partial charge is 0.361 e. The normalized spacial score (nSPS) is 21.3. The molecule has 0 saturated carbocycles. The number of halogens is 1. The highest BCUT2D eigenvalue weighted by Crippen LogP contribution is 2.23. The van der Waals surface area contributed by atoms with E-state index in [0.717, 1.165) is 16.9 Å². The summed E-state index contributed by atoms with van der Waals surface area (Å²) >= 11 is 0. The molecule has 2 aromatic heterocycles. The maximum atomic E-state index is 13.8. The van der Waals surface area contributed by atoms with Crippen molar-refractivity contribution in [2.75, 3.05) is 13.1 Å². The zero-order valence-electron chi connectivity index (χ0n) is 13.9. The maximum Gasteiger partial charge on any atom is 0.224 e. The van der Waals surface area contributed by atoms with Crippen molar-refractivity contribution in [1.82, 2.24) is 25.2 Å². The van der Waals surface area contributed by atoms with Crippen molar-refractivity contribution in [3.8, 4) is 0 Å². The number of carbonyl (C=O) groups is 1. The minimum absolute atomic E-state index is 0.0212. The van der Waals surface area contributed by atoms with Gasteiger partial charge in [-0.3, -0.25) is 14.4 Å². The molecule has 0 aromatic carbocycles. The van der Waals surface area contributed by atoms with E-state index in [-0.39, 0.29) is 18.4 Å². The van der Waals surface area contributed by atoms with Gasteiger partial charge in [-0.25, -0.2) is 4.39 Å². The molecule has 1 fully saturated rings. The molecule has 8 heteroatoms. The molecule has 1 aliphatic heterocycles. The Kier molecular flexibility index (Phi) is 4.94. The van der Waals surface area contributed by atoms with Crippen molar-refractivity contribution >= 4 is 5.91 Å². The summed E-state index contributed by atoms with van der Waals surface area (Å²) in [6.07, 6.45) is 4.99. The highest BCUT2D eigenvalue weighted by molar-refractivity contribution is 5.78. The van der Waals surface area contributed by atoms with Crippen LogP contribution in [-0.2, 0) is 24.8 Å². The van der Waals surface area contributed by atoms with Gasteiger partial charge in [-0.15, -0.1) is 0 Å². The Bertz CT molecular complexity index is 698. The fourth-order valence-corrected chi connectivity index (χ4v) is 3.06. The summed E-state index contributed by atoms with van der Waals surface area (Å²) in [5.41, 5.74) is 1.82. The Hall–Kier alpha value is -2.22. The molecule has 24 heavy (non-hydrogen) atoms. The van der Waals surface area contributed by atoms with Crippen LogP contribution in [-0.4, -0.2) is 51.0 Å². The van der Waals surface area contributed by atoms with Crippen LogP contribution in [0.5, 0.6) is 0 Å². The van der Waals surface area contributed by atoms with Gasteiger partial charge in [-0.2, -0.15) is 5.10 Å². The lowest BCUT2D eigenvalue weighted by atomic mass is 10.2. The highest BCUT2D eigenvalue weighted by atomic mass is 19.1. The van der Waals surface area contributed by atoms with Gasteiger partial charge in [0.05, 0.1) is 18.8 Å². The van der Waals surface area contributed by atoms with E-state index in [2.05, 4.69) is 15.6 Å². The van der Waals surface area contributed by atoms with Crippen molar-refractivity contribution < 1.29 is 13.7 Å². The molecule has 3 rings (SSSR count). The number of alkyl halides is 1. The molecule has 1 saturated heterocycles. The number of likely N-dealkylation sites (tertiary alicyclic amines) is 1. The summed E-state index contributed by atoms with van der Waals surface area (Å²) in [6, 6.07) is -0.0212. The number of nitrogens with zero attached hydrogens (tertiary/aromatic N) is 4. The maximum absolute atomic E-state index is 13.8. The summed E-state index contributed by atoms with van der Waals surface area (Å²) in [4.78, 5) is 14.1. The van der Waals surface area contributed by atoms with Gasteiger partial charge in [-0.1, -0.05) is 5.16 Å². The molecule has 0 bridgehead atoms. The summed E-state index contributed by atoms with van der Waals surface area (Å²) in [5.74, 6) is 0.670. The van der Waals surface area contributed by atoms with Crippen molar-refractivity contribution in [2.24, 2.45) is 7.05 Å². The van der Waals surface area contributed by atoms with E-state index in [0.29, 0.717) is 26.1 Å². The number of aromatic nitrogens is 3. The van der Waals surface area contributed by atoms with Crippen molar-refractivity contribution in [1.29, 1.82) is 0 Å². The van der Waals surface area contributed by atoms with Crippen LogP contribution in [0.1, 0.15) is 23.3 Å². The Morgan fingerprint density at radius 1 is 1.50 bits per heavy atom. The number of nitrogens with one attached hydrogen (secondary N) is 1. The van der Waals surface area contributed by atoms with E-state index in [4.69, 9.17) is 4.52 Å². The molecule has 1 aliphatic rings. The van der Waals surface area contributed by atoms with Crippen LogP contribution in [0.3, 0.4) is 0 Å². The van der Waals surface area contributed by atoms with Crippen molar-refractivity contribution in [3.05, 3.63) is 35.5 Å². The predicted molar refractivity (Wildman–Crippen MR) is 84.9 cm³/mol. The first kappa shape index (κ1) is 16.6. The average Bonchev–Trinajstić information content (AvgIpc) is 3.20. The summed E-state index contributed by atoms with van der Waals surface area (Å²) < 4.78 is 20.5. The first-order valence-corrected chi connectivity index (χ1v) is 8.03. The first-order chi connectivity index (χ1) is 11.5. The number of hydrogen-bond donors (Lipinski definition) is 1. The van der Waals surface area contributed by atoms with Gasteiger partial charge in [-0.05, 0) is 18.9 Å². The second-order valence-corrected chi connectivity index (χ2v) is 6.33. The number of rotatable bonds is 6. The monoisotopic (exact) mass is 335 g/mol. The smallest absolute Gasteiger partial charge is 0.224 e. The van der Waals surface area contributed by atoms with E-state index in [1.54, 1.807) is 17.1 Å². The molecule has 130 valence electrons. The van der Waals surface area contributed by atoms with Crippen LogP contribution < -0.4 is 5.32 Å². The van der Waals surface area contributed by atoms with E-state index in [1.807, 2.05) is 25.1 Å². The van der Waals surface area contributed by atoms with Crippen LogP contribution in [0.15, 0.2) is 23.1 Å². The SMILES string of the molecule is Cc1oncc1CN1C[C@@H](F)C[C@H]1CNC(=O)Cc1cnn(C)c1. The Morgan fingerprint density at radius 2 is 2.33 bits per heavy atom. The van der Waals surface area contributed by atoms with E-state index >= 15 is 0 Å². The molecule has 1 N–H and O–H groups in total. The molecule has 0 radical (unpaired) electrons. The van der Waals surface area contributed by atoms with E-state index < -0.39 is 6.17 Å². The lowest BCUT2D eigenvalue weighted by Gasteiger charge is -2.23. The molecule has 1 amide bonds. The summed E-state index contributed by atoms with van der Waals surface area (Å²) in [7, 11) is 1.81. The van der Waals surface area contributed by atoms with Gasteiger partial charge in [0.2, 0.25) is 5.91 Å². The molecule has 0 spiro atoms. The molecular weight excluding hydrogens is 313 g/mol. The molecular formula is C16H22FN5O2. The third-order valence-electron chi connectivity index (χ3n) is 4.36. The fourth-order valence-electron chi connectivity index (χ4n) is 3.06. The minimum atomic E-state index is -0.870. The van der Waals surface area contributed by atoms with Gasteiger partial charge in [0.1, 0.15) is 11.9 Å². The standard InChI is InChI=1S/C16H22FN5O2/c1-11-13(6-20-24-11)9-22-10-14(17)4-15(22)7-18-16(23)3-12-5-19-21(2)8-12/h5-6,8,14-15H,3-4,7,9-10H2,1-2H3,(H,18,23)/t14-,15-/m0/s1. The molecule has 2 aromatic rings. The second-order valence-electron chi connectivity index (χ2n) is 6.33. The molecule has 0 unspecified atom stereocenters. The van der Waals surface area contributed by atoms with E-state index in [1.165, 1.54) is 0 Å². The Morgan fingerprint density at radius 3 is 3.00 bits per heavy atom. The lowest BCUT2D eigenvalue weighted by molar-refractivity contribution is -0.120. The van der Waals surface area contributed by atoms with Crippen LogP contribution in [0.4, 0.5) is 4.39 Å². The van der Waals surface area contributed by atoms with Gasteiger partial charge in [0.15, 0.2) is 0 Å². The summed E-state index contributed by atoms with van der Waals surface area (Å²) in [6.45, 7) is 3.23. The molecule has 3 heterocycles. The number of carbonyl (C=O) groups excluding carboxylic acids is 1. The van der Waals surface area contributed by atoms with Crippen LogP contribution in [0.25, 0.3) is 0 Å². The number of aryl methyl sites for hydroxylation is 2. The quantitative estimate of drug-likeness (QED) is 0.852. The zero-order chi connectivity index (χ0) is 17.1. The van der Waals surface area contributed by atoms with Gasteiger partial charge < -0.3 is 9.84 Å². The fraction of sp³-hybridized carbons (Fsp3) is 0.562. The number of hydrogen-bond acceptors (Lipinski definition) is 5. The average molecular weight is 335 g/mol. The van der Waals surface area contributed by atoms with Crippen molar-refractivity contribution in [2.45, 2.75) is 38.5 Å². The Labute approximate surface area is 139 Å². The van der Waals surface area contributed by atoms with Crippen LogP contribution >= 0.6 is 0 Å². The minimum Gasteiger partial charge on any atom is -0.361 e.